The molecule has 3 nitrogen and oxygen atoms in total. The Labute approximate surface area is 90.5 Å². The number of carbonyl (C=O) groups excluding carboxylic acids is 2. The standard InChI is InChI=1S/C10H11NO2.C2H6/c1-7(2)10(13)9-4-3-8(6-12)5-11-9;1-2/h3-7H,1-2H3;1-2H3. The molecule has 1 aromatic heterocycles. The molecule has 1 rings (SSSR count). The second-order valence-corrected chi connectivity index (χ2v) is 3.11. The van der Waals surface area contributed by atoms with E-state index in [9.17, 15) is 9.59 Å². The molecule has 1 heterocycles. The van der Waals surface area contributed by atoms with Gasteiger partial charge in [0.15, 0.2) is 12.1 Å². The van der Waals surface area contributed by atoms with E-state index in [4.69, 9.17) is 0 Å². The molecule has 0 aliphatic rings. The van der Waals surface area contributed by atoms with Crippen molar-refractivity contribution in [1.29, 1.82) is 0 Å². The van der Waals surface area contributed by atoms with Gasteiger partial charge in [-0.05, 0) is 12.1 Å². The zero-order chi connectivity index (χ0) is 11.8. The quantitative estimate of drug-likeness (QED) is 0.565. The second-order valence-electron chi connectivity index (χ2n) is 3.11. The van der Waals surface area contributed by atoms with E-state index in [-0.39, 0.29) is 11.7 Å². The summed E-state index contributed by atoms with van der Waals surface area (Å²) in [5.41, 5.74) is 0.904. The predicted octanol–water partition coefficient (Wildman–Crippen LogP) is 2.76. The Hall–Kier alpha value is -1.51. The van der Waals surface area contributed by atoms with Crippen molar-refractivity contribution >= 4 is 12.1 Å². The number of aromatic nitrogens is 1. The average molecular weight is 207 g/mol. The number of hydrogen-bond acceptors (Lipinski definition) is 3. The molecule has 0 aromatic carbocycles. The molecule has 0 saturated carbocycles. The van der Waals surface area contributed by atoms with Crippen LogP contribution < -0.4 is 0 Å². The summed E-state index contributed by atoms with van der Waals surface area (Å²) in [6.07, 6.45) is 2.11. The first-order valence-corrected chi connectivity index (χ1v) is 5.10. The van der Waals surface area contributed by atoms with Crippen molar-refractivity contribution in [2.24, 2.45) is 5.92 Å². The van der Waals surface area contributed by atoms with Crippen LogP contribution in [0.3, 0.4) is 0 Å². The zero-order valence-electron chi connectivity index (χ0n) is 9.65. The lowest BCUT2D eigenvalue weighted by Gasteiger charge is -2.02. The SMILES string of the molecule is CC.CC(C)C(=O)c1ccc(C=O)cn1. The summed E-state index contributed by atoms with van der Waals surface area (Å²) in [5, 5.41) is 0. The summed E-state index contributed by atoms with van der Waals surface area (Å²) in [4.78, 5) is 25.6. The summed E-state index contributed by atoms with van der Waals surface area (Å²) in [6, 6.07) is 3.17. The van der Waals surface area contributed by atoms with Crippen LogP contribution in [-0.2, 0) is 0 Å². The van der Waals surface area contributed by atoms with Crippen molar-refractivity contribution in [3.8, 4) is 0 Å². The van der Waals surface area contributed by atoms with E-state index in [1.807, 2.05) is 27.7 Å². The van der Waals surface area contributed by atoms with E-state index in [1.54, 1.807) is 12.1 Å². The first-order valence-electron chi connectivity index (χ1n) is 5.10. The Bertz CT molecular complexity index is 315. The predicted molar refractivity (Wildman–Crippen MR) is 60.1 cm³/mol. The van der Waals surface area contributed by atoms with Gasteiger partial charge in [-0.2, -0.15) is 0 Å². The summed E-state index contributed by atoms with van der Waals surface area (Å²) >= 11 is 0. The van der Waals surface area contributed by atoms with Crippen LogP contribution in [-0.4, -0.2) is 17.1 Å². The molecule has 0 saturated heterocycles. The van der Waals surface area contributed by atoms with Crippen molar-refractivity contribution in [3.05, 3.63) is 29.6 Å². The third-order valence-corrected chi connectivity index (χ3v) is 1.70. The molecule has 15 heavy (non-hydrogen) atoms. The largest absolute Gasteiger partial charge is 0.298 e. The third-order valence-electron chi connectivity index (χ3n) is 1.70. The first-order chi connectivity index (χ1) is 7.15. The number of ketones is 1. The van der Waals surface area contributed by atoms with E-state index in [0.29, 0.717) is 17.5 Å². The van der Waals surface area contributed by atoms with Crippen molar-refractivity contribution in [2.75, 3.05) is 0 Å². The topological polar surface area (TPSA) is 47.0 Å². The minimum atomic E-state index is -0.0606. The second kappa shape index (κ2) is 6.87. The van der Waals surface area contributed by atoms with Gasteiger partial charge in [-0.25, -0.2) is 0 Å². The maximum absolute atomic E-state index is 11.4. The fourth-order valence-electron chi connectivity index (χ4n) is 0.917. The summed E-state index contributed by atoms with van der Waals surface area (Å²) in [7, 11) is 0. The van der Waals surface area contributed by atoms with Crippen LogP contribution in [0.1, 0.15) is 48.5 Å². The molecular weight excluding hydrogens is 190 g/mol. The number of pyridine rings is 1. The van der Waals surface area contributed by atoms with Crippen LogP contribution in [0.5, 0.6) is 0 Å². The summed E-state index contributed by atoms with van der Waals surface area (Å²) < 4.78 is 0. The van der Waals surface area contributed by atoms with Gasteiger partial charge in [0.2, 0.25) is 0 Å². The van der Waals surface area contributed by atoms with E-state index in [2.05, 4.69) is 4.98 Å². The molecule has 0 N–H and O–H groups in total. The molecule has 82 valence electrons. The van der Waals surface area contributed by atoms with Gasteiger partial charge in [-0.15, -0.1) is 0 Å². The van der Waals surface area contributed by atoms with Gasteiger partial charge < -0.3 is 0 Å². The molecule has 0 radical (unpaired) electrons. The van der Waals surface area contributed by atoms with Crippen LogP contribution in [0.15, 0.2) is 18.3 Å². The number of nitrogens with zero attached hydrogens (tertiary/aromatic N) is 1. The Kier molecular flexibility index (Phi) is 6.18. The Balaban J connectivity index is 0.000000921. The molecular formula is C12H17NO2. The van der Waals surface area contributed by atoms with Crippen molar-refractivity contribution in [2.45, 2.75) is 27.7 Å². The molecule has 0 atom stereocenters. The minimum Gasteiger partial charge on any atom is -0.298 e. The molecule has 3 heteroatoms. The minimum absolute atomic E-state index is 0.00236. The van der Waals surface area contributed by atoms with Crippen molar-refractivity contribution in [3.63, 3.8) is 0 Å². The summed E-state index contributed by atoms with van der Waals surface area (Å²) in [5.74, 6) is -0.0629. The van der Waals surface area contributed by atoms with Crippen LogP contribution in [0.2, 0.25) is 0 Å². The normalized spacial score (nSPS) is 9.13. The van der Waals surface area contributed by atoms with Crippen molar-refractivity contribution < 1.29 is 9.59 Å². The Morgan fingerprint density at radius 1 is 1.33 bits per heavy atom. The van der Waals surface area contributed by atoms with Gasteiger partial charge in [0.05, 0.1) is 0 Å². The van der Waals surface area contributed by atoms with Gasteiger partial charge >= 0.3 is 0 Å². The highest BCUT2D eigenvalue weighted by Crippen LogP contribution is 2.05. The van der Waals surface area contributed by atoms with Crippen LogP contribution >= 0.6 is 0 Å². The Morgan fingerprint density at radius 2 is 1.93 bits per heavy atom. The molecule has 0 unspecified atom stereocenters. The van der Waals surface area contributed by atoms with Crippen LogP contribution in [0.25, 0.3) is 0 Å². The molecule has 0 aliphatic heterocycles. The Morgan fingerprint density at radius 3 is 2.27 bits per heavy atom. The number of Topliss-reactive ketones (excluding diaryl/α,β-unsaturated/α-hetero) is 1. The van der Waals surface area contributed by atoms with E-state index in [1.165, 1.54) is 6.20 Å². The molecule has 0 bridgehead atoms. The highest BCUT2D eigenvalue weighted by Gasteiger charge is 2.10. The third kappa shape index (κ3) is 4.02. The average Bonchev–Trinajstić information content (AvgIpc) is 2.31. The summed E-state index contributed by atoms with van der Waals surface area (Å²) in [6.45, 7) is 7.63. The lowest BCUT2D eigenvalue weighted by molar-refractivity contribution is 0.0933. The molecule has 0 fully saturated rings. The lowest BCUT2D eigenvalue weighted by Crippen LogP contribution is -2.09. The zero-order valence-corrected chi connectivity index (χ0v) is 9.65. The maximum atomic E-state index is 11.4. The van der Waals surface area contributed by atoms with E-state index >= 15 is 0 Å². The van der Waals surface area contributed by atoms with Gasteiger partial charge in [-0.3, -0.25) is 14.6 Å². The number of rotatable bonds is 3. The van der Waals surface area contributed by atoms with Gasteiger partial charge in [0.1, 0.15) is 5.69 Å². The maximum Gasteiger partial charge on any atom is 0.183 e. The fourth-order valence-corrected chi connectivity index (χ4v) is 0.917. The lowest BCUT2D eigenvalue weighted by atomic mass is 10.1. The van der Waals surface area contributed by atoms with Crippen LogP contribution in [0.4, 0.5) is 0 Å². The van der Waals surface area contributed by atoms with Crippen molar-refractivity contribution in [1.82, 2.24) is 4.98 Å². The smallest absolute Gasteiger partial charge is 0.183 e. The van der Waals surface area contributed by atoms with Gasteiger partial charge in [0, 0.05) is 17.7 Å². The first kappa shape index (κ1) is 13.5. The number of aldehydes is 1. The number of carbonyl (C=O) groups is 2. The van der Waals surface area contributed by atoms with Gasteiger partial charge in [0.25, 0.3) is 0 Å². The molecule has 0 spiro atoms. The molecule has 1 aromatic rings. The van der Waals surface area contributed by atoms with E-state index < -0.39 is 0 Å². The molecule has 0 amide bonds. The molecule has 0 aliphatic carbocycles. The highest BCUT2D eigenvalue weighted by atomic mass is 16.1. The number of hydrogen-bond donors (Lipinski definition) is 0. The fraction of sp³-hybridized carbons (Fsp3) is 0.417. The van der Waals surface area contributed by atoms with Crippen LogP contribution in [0, 0.1) is 5.92 Å². The van der Waals surface area contributed by atoms with E-state index in [0.717, 1.165) is 0 Å². The van der Waals surface area contributed by atoms with Gasteiger partial charge in [-0.1, -0.05) is 27.7 Å². The highest BCUT2D eigenvalue weighted by molar-refractivity contribution is 5.95. The monoisotopic (exact) mass is 207 g/mol.